The first-order valence-corrected chi connectivity index (χ1v) is 9.45. The van der Waals surface area contributed by atoms with E-state index in [-0.39, 0.29) is 24.5 Å². The molecular formula is C21H25N5O2. The van der Waals surface area contributed by atoms with Gasteiger partial charge in [-0.25, -0.2) is 15.0 Å². The Morgan fingerprint density at radius 2 is 2.07 bits per heavy atom. The average Bonchev–Trinajstić information content (AvgIpc) is 3.23. The van der Waals surface area contributed by atoms with Crippen LogP contribution in [0.15, 0.2) is 24.4 Å². The summed E-state index contributed by atoms with van der Waals surface area (Å²) < 4.78 is 5.61. The number of ether oxygens (including phenoxy) is 1. The van der Waals surface area contributed by atoms with Gasteiger partial charge < -0.3 is 14.6 Å². The topological polar surface area (TPSA) is 84.0 Å². The van der Waals surface area contributed by atoms with Crippen LogP contribution in [0.4, 0.5) is 0 Å². The smallest absolute Gasteiger partial charge is 0.249 e. The Morgan fingerprint density at radius 1 is 1.25 bits per heavy atom. The zero-order chi connectivity index (χ0) is 19.9. The van der Waals surface area contributed by atoms with E-state index in [4.69, 9.17) is 4.74 Å². The van der Waals surface area contributed by atoms with Crippen molar-refractivity contribution in [3.63, 3.8) is 0 Å². The third-order valence-electron chi connectivity index (χ3n) is 4.83. The quantitative estimate of drug-likeness (QED) is 0.753. The highest BCUT2D eigenvalue weighted by molar-refractivity contribution is 5.78. The minimum Gasteiger partial charge on any atom is -0.364 e. The van der Waals surface area contributed by atoms with E-state index < -0.39 is 0 Å². The molecule has 0 aliphatic carbocycles. The highest BCUT2D eigenvalue weighted by atomic mass is 16.5. The molecule has 0 saturated heterocycles. The molecule has 28 heavy (non-hydrogen) atoms. The normalized spacial score (nSPS) is 13.9. The van der Waals surface area contributed by atoms with Gasteiger partial charge in [0.15, 0.2) is 0 Å². The van der Waals surface area contributed by atoms with Crippen LogP contribution in [0, 0.1) is 6.92 Å². The van der Waals surface area contributed by atoms with E-state index in [2.05, 4.69) is 40.7 Å². The molecule has 3 aromatic rings. The molecule has 0 saturated carbocycles. The highest BCUT2D eigenvalue weighted by Gasteiger charge is 2.27. The summed E-state index contributed by atoms with van der Waals surface area (Å²) in [5.74, 6) is 1.47. The second-order valence-electron chi connectivity index (χ2n) is 8.36. The lowest BCUT2D eigenvalue weighted by molar-refractivity contribution is -0.137. The van der Waals surface area contributed by atoms with Gasteiger partial charge in [-0.05, 0) is 24.6 Å². The number of benzene rings is 1. The molecule has 0 bridgehead atoms. The predicted molar refractivity (Wildman–Crippen MR) is 105 cm³/mol. The number of hydrogen-bond acceptors (Lipinski definition) is 5. The van der Waals surface area contributed by atoms with E-state index in [1.807, 2.05) is 31.3 Å². The van der Waals surface area contributed by atoms with Crippen LogP contribution >= 0.6 is 0 Å². The zero-order valence-electron chi connectivity index (χ0n) is 16.7. The molecule has 1 aliphatic rings. The van der Waals surface area contributed by atoms with Gasteiger partial charge in [-0.1, -0.05) is 26.8 Å². The van der Waals surface area contributed by atoms with E-state index in [0.29, 0.717) is 13.1 Å². The number of nitrogens with one attached hydrogen (secondary N) is 1. The first-order valence-electron chi connectivity index (χ1n) is 9.45. The van der Waals surface area contributed by atoms with Gasteiger partial charge in [0, 0.05) is 23.7 Å². The van der Waals surface area contributed by atoms with Crippen LogP contribution < -0.4 is 0 Å². The number of aromatic amines is 1. The summed E-state index contributed by atoms with van der Waals surface area (Å²) >= 11 is 0. The van der Waals surface area contributed by atoms with E-state index in [1.54, 1.807) is 4.90 Å². The molecule has 0 atom stereocenters. The third-order valence-corrected chi connectivity index (χ3v) is 4.83. The number of aromatic nitrogens is 4. The number of fused-ring (bicyclic) bond motifs is 2. The van der Waals surface area contributed by atoms with E-state index in [0.717, 1.165) is 33.9 Å². The van der Waals surface area contributed by atoms with Gasteiger partial charge in [-0.2, -0.15) is 0 Å². The van der Waals surface area contributed by atoms with Gasteiger partial charge in [-0.15, -0.1) is 0 Å². The molecule has 2 aromatic heterocycles. The number of rotatable bonds is 4. The second kappa shape index (κ2) is 6.98. The van der Waals surface area contributed by atoms with Crippen molar-refractivity contribution < 1.29 is 9.53 Å². The van der Waals surface area contributed by atoms with Gasteiger partial charge >= 0.3 is 0 Å². The molecule has 0 spiro atoms. The van der Waals surface area contributed by atoms with Crippen molar-refractivity contribution >= 4 is 16.9 Å². The Bertz CT molecular complexity index is 1030. The molecule has 0 fully saturated rings. The number of hydrogen-bond donors (Lipinski definition) is 1. The Morgan fingerprint density at radius 3 is 2.86 bits per heavy atom. The summed E-state index contributed by atoms with van der Waals surface area (Å²) in [6, 6.07) is 6.05. The monoisotopic (exact) mass is 379 g/mol. The Kier molecular flexibility index (Phi) is 4.63. The zero-order valence-corrected chi connectivity index (χ0v) is 16.7. The van der Waals surface area contributed by atoms with Crippen molar-refractivity contribution in [2.45, 2.75) is 52.8 Å². The lowest BCUT2D eigenvalue weighted by Gasteiger charge is -2.16. The van der Waals surface area contributed by atoms with Crippen LogP contribution in [0.25, 0.3) is 11.0 Å². The summed E-state index contributed by atoms with van der Waals surface area (Å²) in [5, 5.41) is 0. The lowest BCUT2D eigenvalue weighted by atomic mass is 9.95. The van der Waals surface area contributed by atoms with Crippen molar-refractivity contribution in [3.05, 3.63) is 52.9 Å². The first-order chi connectivity index (χ1) is 13.3. The molecule has 0 radical (unpaired) electrons. The van der Waals surface area contributed by atoms with Crippen LogP contribution in [0.5, 0.6) is 0 Å². The third kappa shape index (κ3) is 3.75. The molecule has 7 heteroatoms. The molecule has 146 valence electrons. The summed E-state index contributed by atoms with van der Waals surface area (Å²) in [6.45, 7) is 9.62. The molecule has 1 aromatic carbocycles. The minimum absolute atomic E-state index is 0.0175. The van der Waals surface area contributed by atoms with Crippen molar-refractivity contribution in [1.82, 2.24) is 24.8 Å². The standard InChI is InChI=1S/C21H25N5O2/c1-13-5-6-15-16(7-13)24-18(23-15)11-28-12-19(27)26-9-14-8-22-20(21(2,3)4)25-17(14)10-26/h5-8H,9-12H2,1-4H3,(H,23,24). The van der Waals surface area contributed by atoms with Gasteiger partial charge in [0.25, 0.3) is 0 Å². The number of imidazole rings is 1. The van der Waals surface area contributed by atoms with Gasteiger partial charge in [0.05, 0.1) is 23.3 Å². The van der Waals surface area contributed by atoms with Gasteiger partial charge in [-0.3, -0.25) is 4.79 Å². The number of carbonyl (C=O) groups is 1. The Balaban J connectivity index is 1.34. The fourth-order valence-electron chi connectivity index (χ4n) is 3.26. The first kappa shape index (κ1) is 18.6. The lowest BCUT2D eigenvalue weighted by Crippen LogP contribution is -2.29. The summed E-state index contributed by atoms with van der Waals surface area (Å²) in [4.78, 5) is 31.1. The minimum atomic E-state index is -0.110. The number of amides is 1. The van der Waals surface area contributed by atoms with Crippen LogP contribution in [0.1, 0.15) is 49.2 Å². The van der Waals surface area contributed by atoms with E-state index >= 15 is 0 Å². The maximum atomic E-state index is 12.5. The summed E-state index contributed by atoms with van der Waals surface area (Å²) in [6.07, 6.45) is 1.84. The predicted octanol–water partition coefficient (Wildman–Crippen LogP) is 3.02. The number of carbonyl (C=O) groups excluding carboxylic acids is 1. The fraction of sp³-hybridized carbons (Fsp3) is 0.429. The van der Waals surface area contributed by atoms with Crippen molar-refractivity contribution in [1.29, 1.82) is 0 Å². The molecule has 0 unspecified atom stereocenters. The van der Waals surface area contributed by atoms with Crippen LogP contribution in [-0.4, -0.2) is 37.3 Å². The van der Waals surface area contributed by atoms with Crippen LogP contribution in [-0.2, 0) is 34.6 Å². The SMILES string of the molecule is Cc1ccc2nc(COCC(=O)N3Cc4cnc(C(C)(C)C)nc4C3)[nH]c2c1. The maximum absolute atomic E-state index is 12.5. The van der Waals surface area contributed by atoms with E-state index in [1.165, 1.54) is 5.56 Å². The maximum Gasteiger partial charge on any atom is 0.249 e. The summed E-state index contributed by atoms with van der Waals surface area (Å²) in [7, 11) is 0. The molecule has 1 amide bonds. The fourth-order valence-corrected chi connectivity index (χ4v) is 3.26. The second-order valence-corrected chi connectivity index (χ2v) is 8.36. The number of H-pyrrole nitrogens is 1. The van der Waals surface area contributed by atoms with Crippen LogP contribution in [0.2, 0.25) is 0 Å². The van der Waals surface area contributed by atoms with Crippen molar-refractivity contribution in [3.8, 4) is 0 Å². The largest absolute Gasteiger partial charge is 0.364 e. The molecule has 3 heterocycles. The molecule has 7 nitrogen and oxygen atoms in total. The number of nitrogens with zero attached hydrogens (tertiary/aromatic N) is 4. The molecular weight excluding hydrogens is 354 g/mol. The molecule has 1 N–H and O–H groups in total. The highest BCUT2D eigenvalue weighted by Crippen LogP contribution is 2.24. The molecule has 4 rings (SSSR count). The Labute approximate surface area is 164 Å². The van der Waals surface area contributed by atoms with Gasteiger partial charge in [0.1, 0.15) is 24.9 Å². The number of aryl methyl sites for hydroxylation is 1. The van der Waals surface area contributed by atoms with Crippen molar-refractivity contribution in [2.75, 3.05) is 6.61 Å². The van der Waals surface area contributed by atoms with E-state index in [9.17, 15) is 4.79 Å². The van der Waals surface area contributed by atoms with Crippen LogP contribution in [0.3, 0.4) is 0 Å². The molecule has 1 aliphatic heterocycles. The van der Waals surface area contributed by atoms with Gasteiger partial charge in [0.2, 0.25) is 5.91 Å². The average molecular weight is 379 g/mol. The van der Waals surface area contributed by atoms with Crippen molar-refractivity contribution in [2.24, 2.45) is 0 Å². The summed E-state index contributed by atoms with van der Waals surface area (Å²) in [5.41, 5.74) is 4.88. The Hall–Kier alpha value is -2.80.